The maximum atomic E-state index is 15.2. The highest BCUT2D eigenvalue weighted by Gasteiger charge is 2.46. The second-order valence-electron chi connectivity index (χ2n) is 14.4. The van der Waals surface area contributed by atoms with Gasteiger partial charge in [-0.15, -0.1) is 4.68 Å². The lowest BCUT2D eigenvalue weighted by molar-refractivity contribution is -0.726. The van der Waals surface area contributed by atoms with Crippen LogP contribution < -0.4 is 24.8 Å². The number of piperazine rings is 1. The Kier molecular flexibility index (Phi) is 11.9. The van der Waals surface area contributed by atoms with Crippen molar-refractivity contribution in [2.24, 2.45) is 5.92 Å². The van der Waals surface area contributed by atoms with Crippen molar-refractivity contribution in [1.29, 1.82) is 0 Å². The van der Waals surface area contributed by atoms with E-state index in [1.165, 1.54) is 49.6 Å². The van der Waals surface area contributed by atoms with E-state index in [0.29, 0.717) is 24.3 Å². The quantitative estimate of drug-likeness (QED) is 0.104. The van der Waals surface area contributed by atoms with Crippen LogP contribution in [0.25, 0.3) is 5.69 Å². The predicted octanol–water partition coefficient (Wildman–Crippen LogP) is 3.53. The lowest BCUT2D eigenvalue weighted by Crippen LogP contribution is -2.46. The summed E-state index contributed by atoms with van der Waals surface area (Å²) < 4.78 is 62.8. The third kappa shape index (κ3) is 9.27. The number of anilines is 2. The smallest absolute Gasteiger partial charge is 0.472 e. The summed E-state index contributed by atoms with van der Waals surface area (Å²) in [4.78, 5) is 35.7. The number of hydrogen-bond acceptors (Lipinski definition) is 10. The minimum atomic E-state index is -4.70. The Bertz CT molecular complexity index is 2240. The molecule has 0 saturated carbocycles. The molecule has 0 amide bonds. The number of phosphoric acid groups is 1. The fourth-order valence-corrected chi connectivity index (χ4v) is 7.86. The van der Waals surface area contributed by atoms with Crippen molar-refractivity contribution in [3.05, 3.63) is 113 Å². The highest BCUT2D eigenvalue weighted by Crippen LogP contribution is 2.42. The number of phosphoric ester groups is 1. The highest BCUT2D eigenvalue weighted by atomic mass is 31.2. The van der Waals surface area contributed by atoms with E-state index in [1.807, 2.05) is 55.5 Å². The van der Waals surface area contributed by atoms with Crippen LogP contribution in [0.1, 0.15) is 38.3 Å². The summed E-state index contributed by atoms with van der Waals surface area (Å²) in [7, 11) is -4.70. The third-order valence-corrected chi connectivity index (χ3v) is 11.0. The second kappa shape index (κ2) is 16.9. The zero-order valence-corrected chi connectivity index (χ0v) is 32.4. The molecule has 304 valence electrons. The molecule has 0 unspecified atom stereocenters. The number of aromatic nitrogens is 6. The van der Waals surface area contributed by atoms with Crippen LogP contribution in [-0.4, -0.2) is 84.5 Å². The largest absolute Gasteiger partial charge is 0.493 e. The average Bonchev–Trinajstić information content (AvgIpc) is 3.92. The number of benzene rings is 3. The summed E-state index contributed by atoms with van der Waals surface area (Å²) in [6, 6.07) is 18.6. The van der Waals surface area contributed by atoms with Gasteiger partial charge in [0.15, 0.2) is 6.73 Å². The van der Waals surface area contributed by atoms with Crippen molar-refractivity contribution < 1.29 is 46.8 Å². The first-order valence-corrected chi connectivity index (χ1v) is 20.2. The van der Waals surface area contributed by atoms with Gasteiger partial charge in [0.1, 0.15) is 35.9 Å². The molecule has 3 aromatic carbocycles. The molecular weight excluding hydrogens is 765 g/mol. The second-order valence-corrected chi connectivity index (χ2v) is 15.7. The number of aliphatic hydroxyl groups excluding tert-OH is 1. The molecule has 57 heavy (non-hydrogen) atoms. The maximum absolute atomic E-state index is 15.2. The van der Waals surface area contributed by atoms with E-state index in [1.54, 1.807) is 6.92 Å². The van der Waals surface area contributed by atoms with E-state index < -0.39 is 37.9 Å². The van der Waals surface area contributed by atoms with E-state index >= 15 is 4.39 Å². The first-order valence-electron chi connectivity index (χ1n) is 18.7. The van der Waals surface area contributed by atoms with Gasteiger partial charge in [0.2, 0.25) is 6.33 Å². The van der Waals surface area contributed by atoms with E-state index in [-0.39, 0.29) is 43.0 Å². The molecule has 2 aliphatic rings. The zero-order valence-electron chi connectivity index (χ0n) is 31.5. The van der Waals surface area contributed by atoms with Gasteiger partial charge in [-0.2, -0.15) is 5.10 Å². The summed E-state index contributed by atoms with van der Waals surface area (Å²) in [6.45, 7) is 6.92. The molecule has 16 nitrogen and oxygen atoms in total. The lowest BCUT2D eigenvalue weighted by Gasteiger charge is -2.37. The van der Waals surface area contributed by atoms with E-state index in [4.69, 9.17) is 19.3 Å². The average molecular weight is 812 g/mol. The van der Waals surface area contributed by atoms with Gasteiger partial charge in [-0.1, -0.05) is 13.0 Å². The van der Waals surface area contributed by atoms with Crippen molar-refractivity contribution in [2.75, 3.05) is 49.2 Å². The molecule has 4 heterocycles. The molecular formula is C38H46F2N8O8P+. The fraction of sp³-hybridized carbons (Fsp3) is 0.421. The Hall–Kier alpha value is -4.97. The van der Waals surface area contributed by atoms with E-state index in [2.05, 4.69) is 24.5 Å². The van der Waals surface area contributed by atoms with Crippen LogP contribution in [0.4, 0.5) is 20.2 Å². The molecule has 2 aromatic heterocycles. The van der Waals surface area contributed by atoms with Crippen molar-refractivity contribution >= 4 is 19.2 Å². The number of halogens is 2. The molecule has 2 aliphatic heterocycles. The van der Waals surface area contributed by atoms with Crippen LogP contribution in [0.15, 0.2) is 90.5 Å². The monoisotopic (exact) mass is 811 g/mol. The van der Waals surface area contributed by atoms with Crippen LogP contribution >= 0.6 is 7.82 Å². The van der Waals surface area contributed by atoms with Gasteiger partial charge >= 0.3 is 13.5 Å². The first-order chi connectivity index (χ1) is 27.3. The van der Waals surface area contributed by atoms with Crippen molar-refractivity contribution in [3.8, 4) is 11.4 Å². The predicted molar refractivity (Wildman–Crippen MR) is 203 cm³/mol. The molecule has 7 rings (SSSR count). The van der Waals surface area contributed by atoms with Gasteiger partial charge in [-0.05, 0) is 74.4 Å². The van der Waals surface area contributed by atoms with Gasteiger partial charge in [-0.25, -0.2) is 32.0 Å². The summed E-state index contributed by atoms with van der Waals surface area (Å²) in [5.41, 5.74) is 1.49. The first kappa shape index (κ1) is 40.2. The van der Waals surface area contributed by atoms with Crippen LogP contribution in [0, 0.1) is 17.6 Å². The van der Waals surface area contributed by atoms with Crippen LogP contribution in [0.5, 0.6) is 5.75 Å². The van der Waals surface area contributed by atoms with Gasteiger partial charge < -0.3 is 34.2 Å². The molecule has 0 spiro atoms. The molecule has 5 aromatic rings. The van der Waals surface area contributed by atoms with Crippen molar-refractivity contribution in [3.63, 3.8) is 0 Å². The van der Waals surface area contributed by atoms with Gasteiger partial charge in [0.25, 0.3) is 6.33 Å². The van der Waals surface area contributed by atoms with E-state index in [9.17, 15) is 18.9 Å². The highest BCUT2D eigenvalue weighted by molar-refractivity contribution is 7.46. The Morgan fingerprint density at radius 2 is 1.63 bits per heavy atom. The number of nitrogens with zero attached hydrogens (tertiary/aromatic N) is 8. The van der Waals surface area contributed by atoms with Gasteiger partial charge in [0.05, 0.1) is 31.0 Å². The molecule has 2 fully saturated rings. The van der Waals surface area contributed by atoms with Crippen LogP contribution in [-0.2, 0) is 32.7 Å². The van der Waals surface area contributed by atoms with Gasteiger partial charge in [0, 0.05) is 60.2 Å². The Labute approximate surface area is 327 Å². The third-order valence-electron chi connectivity index (χ3n) is 10.5. The molecule has 0 radical (unpaired) electrons. The number of hydrogen-bond donors (Lipinski definition) is 3. The number of ether oxygens (including phenoxy) is 2. The van der Waals surface area contributed by atoms with E-state index in [0.717, 1.165) is 43.6 Å². The SMILES string of the molecule is CC[C@@H]([C@H](C)O)n1ncn(-c2ccc(N3CCN(c4ccc(OC[C@@H]5CO[C@@](Cn6c[n+](COP(=O)(O)O)cn6)(c6ccc(F)cc6F)C5)cc4)CC3)cc2)c1=O. The molecule has 2 saturated heterocycles. The van der Waals surface area contributed by atoms with Gasteiger partial charge in [-0.3, -0.25) is 4.52 Å². The topological polar surface area (TPSA) is 173 Å². The Morgan fingerprint density at radius 3 is 2.25 bits per heavy atom. The van der Waals surface area contributed by atoms with Crippen molar-refractivity contribution in [2.45, 2.75) is 57.7 Å². The summed E-state index contributed by atoms with van der Waals surface area (Å²) >= 11 is 0. The van der Waals surface area contributed by atoms with Crippen LogP contribution in [0.2, 0.25) is 0 Å². The molecule has 19 heteroatoms. The molecule has 4 atom stereocenters. The Balaban J connectivity index is 0.930. The number of aliphatic hydroxyl groups is 1. The van der Waals surface area contributed by atoms with Crippen molar-refractivity contribution in [1.82, 2.24) is 24.1 Å². The summed E-state index contributed by atoms with van der Waals surface area (Å²) in [5, 5.41) is 18.5. The summed E-state index contributed by atoms with van der Waals surface area (Å²) in [6.07, 6.45) is 4.49. The molecule has 0 aliphatic carbocycles. The van der Waals surface area contributed by atoms with Crippen LogP contribution in [0.3, 0.4) is 0 Å². The fourth-order valence-electron chi connectivity index (χ4n) is 7.58. The molecule has 3 N–H and O–H groups in total. The lowest BCUT2D eigenvalue weighted by atomic mass is 9.87. The summed E-state index contributed by atoms with van der Waals surface area (Å²) in [5.74, 6) is -0.943. The minimum absolute atomic E-state index is 0.0427. The maximum Gasteiger partial charge on any atom is 0.472 e. The number of rotatable bonds is 15. The minimum Gasteiger partial charge on any atom is -0.493 e. The molecule has 0 bridgehead atoms. The Morgan fingerprint density at radius 1 is 0.982 bits per heavy atom. The normalized spacial score (nSPS) is 19.9. The zero-order chi connectivity index (χ0) is 40.3. The standard InChI is InChI=1S/C38H45F2N8O8P/c1-3-36(27(2)49)48-37(50)47(24-42-48)32-7-5-30(6-8-32)44-14-16-45(17-15-44)31-9-11-33(12-10-31)54-20-28-19-38(55-21-28,34-13-4-29(39)18-35(34)40)22-46-25-43(23-41-46)26-56-57(51,52)53/h4-13,18,23-25,27-28,36,49H,3,14-17,19-22,26H2,1-2H3,(H-,51,52,53)/p+1/t27-,28+,36-,38-/m0/s1.